The molecule has 0 unspecified atom stereocenters. The molecule has 0 atom stereocenters. The summed E-state index contributed by atoms with van der Waals surface area (Å²) in [5, 5.41) is 24.2. The maximum Gasteiger partial charge on any atom is 0.335 e. The smallest absolute Gasteiger partial charge is 0.335 e. The van der Waals surface area contributed by atoms with Gasteiger partial charge in [-0.2, -0.15) is 5.10 Å². The lowest BCUT2D eigenvalue weighted by molar-refractivity contribution is 0.0697. The van der Waals surface area contributed by atoms with E-state index >= 15 is 0 Å². The van der Waals surface area contributed by atoms with E-state index in [1.807, 2.05) is 0 Å². The summed E-state index contributed by atoms with van der Waals surface area (Å²) in [5.74, 6) is -0.973. The second-order valence-electron chi connectivity index (χ2n) is 3.38. The number of hydrogen-bond acceptors (Lipinski definition) is 5. The summed E-state index contributed by atoms with van der Waals surface area (Å²) in [7, 11) is 0. The Labute approximate surface area is 98.3 Å². The van der Waals surface area contributed by atoms with E-state index in [1.54, 1.807) is 26.0 Å². The number of carboxylic acid groups (broad SMARTS) is 1. The van der Waals surface area contributed by atoms with Gasteiger partial charge >= 0.3 is 5.97 Å². The molecule has 0 fully saturated rings. The molecule has 6 nitrogen and oxygen atoms in total. The fraction of sp³-hybridized carbons (Fsp3) is 0.182. The molecule has 0 aliphatic carbocycles. The summed E-state index contributed by atoms with van der Waals surface area (Å²) in [6.45, 7) is 3.31. The molecule has 6 heteroatoms. The van der Waals surface area contributed by atoms with Gasteiger partial charge in [0.25, 0.3) is 0 Å². The summed E-state index contributed by atoms with van der Waals surface area (Å²) >= 11 is 0. The van der Waals surface area contributed by atoms with Gasteiger partial charge in [0.2, 0.25) is 0 Å². The Hall–Kier alpha value is -2.37. The predicted molar refractivity (Wildman–Crippen MR) is 65.0 cm³/mol. The average molecular weight is 235 g/mol. The standard InChI is InChI=1S/C11H13N3O3/c1-7(8(2)14-17)12-13-10-5-3-9(4-6-10)11(15)16/h3-6,13,17H,1-2H3,(H,15,16)/b12-7+,14-8+. The van der Waals surface area contributed by atoms with E-state index in [9.17, 15) is 4.79 Å². The number of hydrazone groups is 1. The Bertz CT molecular complexity index is 463. The number of aromatic carboxylic acids is 1. The zero-order valence-electron chi connectivity index (χ0n) is 9.51. The third kappa shape index (κ3) is 3.60. The molecule has 0 saturated carbocycles. The molecule has 1 aromatic rings. The molecule has 0 amide bonds. The average Bonchev–Trinajstić information content (AvgIpc) is 2.35. The molecular formula is C11H13N3O3. The van der Waals surface area contributed by atoms with Gasteiger partial charge in [-0.25, -0.2) is 4.79 Å². The number of hydrogen-bond donors (Lipinski definition) is 3. The van der Waals surface area contributed by atoms with Crippen molar-refractivity contribution >= 4 is 23.1 Å². The highest BCUT2D eigenvalue weighted by atomic mass is 16.4. The minimum absolute atomic E-state index is 0.212. The molecule has 1 aromatic carbocycles. The van der Waals surface area contributed by atoms with Gasteiger partial charge in [0.15, 0.2) is 0 Å². The van der Waals surface area contributed by atoms with Crippen LogP contribution in [0.4, 0.5) is 5.69 Å². The van der Waals surface area contributed by atoms with Crippen molar-refractivity contribution in [2.45, 2.75) is 13.8 Å². The van der Waals surface area contributed by atoms with Crippen LogP contribution in [0.15, 0.2) is 34.5 Å². The fourth-order valence-electron chi connectivity index (χ4n) is 0.989. The van der Waals surface area contributed by atoms with E-state index in [2.05, 4.69) is 15.7 Å². The third-order valence-corrected chi connectivity index (χ3v) is 2.16. The quantitative estimate of drug-likeness (QED) is 0.422. The predicted octanol–water partition coefficient (Wildman–Crippen LogP) is 2.02. The molecule has 0 saturated heterocycles. The van der Waals surface area contributed by atoms with Gasteiger partial charge in [0.1, 0.15) is 0 Å². The normalized spacial score (nSPS) is 12.4. The van der Waals surface area contributed by atoms with E-state index < -0.39 is 5.97 Å². The summed E-state index contributed by atoms with van der Waals surface area (Å²) in [6, 6.07) is 6.16. The van der Waals surface area contributed by atoms with Crippen LogP contribution >= 0.6 is 0 Å². The molecule has 0 radical (unpaired) electrons. The van der Waals surface area contributed by atoms with Crippen molar-refractivity contribution in [3.8, 4) is 0 Å². The Morgan fingerprint density at radius 1 is 1.18 bits per heavy atom. The van der Waals surface area contributed by atoms with E-state index in [0.717, 1.165) is 0 Å². The number of benzene rings is 1. The van der Waals surface area contributed by atoms with Crippen molar-refractivity contribution in [2.75, 3.05) is 5.43 Å². The van der Waals surface area contributed by atoms with Gasteiger partial charge in [-0.15, -0.1) is 0 Å². The molecule has 0 bridgehead atoms. The molecule has 0 aliphatic heterocycles. The second kappa shape index (κ2) is 5.64. The van der Waals surface area contributed by atoms with Crippen LogP contribution in [0.2, 0.25) is 0 Å². The number of oxime groups is 1. The van der Waals surface area contributed by atoms with Crippen molar-refractivity contribution in [2.24, 2.45) is 10.3 Å². The lowest BCUT2D eigenvalue weighted by atomic mass is 10.2. The summed E-state index contributed by atoms with van der Waals surface area (Å²) in [6.07, 6.45) is 0. The van der Waals surface area contributed by atoms with Crippen molar-refractivity contribution in [1.29, 1.82) is 0 Å². The van der Waals surface area contributed by atoms with Crippen molar-refractivity contribution in [3.63, 3.8) is 0 Å². The van der Waals surface area contributed by atoms with Crippen LogP contribution in [-0.4, -0.2) is 27.7 Å². The van der Waals surface area contributed by atoms with Crippen LogP contribution in [-0.2, 0) is 0 Å². The minimum atomic E-state index is -0.973. The zero-order valence-corrected chi connectivity index (χ0v) is 9.51. The molecular weight excluding hydrogens is 222 g/mol. The maximum absolute atomic E-state index is 10.6. The first kappa shape index (κ1) is 12.7. The number of rotatable bonds is 4. The Morgan fingerprint density at radius 2 is 1.76 bits per heavy atom. The summed E-state index contributed by atoms with van der Waals surface area (Å²) in [4.78, 5) is 10.6. The molecule has 0 aliphatic rings. The number of anilines is 1. The molecule has 90 valence electrons. The number of nitrogens with one attached hydrogen (secondary N) is 1. The van der Waals surface area contributed by atoms with Crippen molar-refractivity contribution in [1.82, 2.24) is 0 Å². The molecule has 0 heterocycles. The van der Waals surface area contributed by atoms with Crippen LogP contribution in [0, 0.1) is 0 Å². The molecule has 0 aromatic heterocycles. The first-order chi connectivity index (χ1) is 8.04. The number of carboxylic acids is 1. The minimum Gasteiger partial charge on any atom is -0.478 e. The van der Waals surface area contributed by atoms with Crippen LogP contribution < -0.4 is 5.43 Å². The highest BCUT2D eigenvalue weighted by Gasteiger charge is 2.01. The topological polar surface area (TPSA) is 94.3 Å². The highest BCUT2D eigenvalue weighted by Crippen LogP contribution is 2.09. The van der Waals surface area contributed by atoms with E-state index in [4.69, 9.17) is 10.3 Å². The largest absolute Gasteiger partial charge is 0.478 e. The van der Waals surface area contributed by atoms with Gasteiger partial charge in [0, 0.05) is 0 Å². The van der Waals surface area contributed by atoms with Gasteiger partial charge in [-0.05, 0) is 38.1 Å². The fourth-order valence-corrected chi connectivity index (χ4v) is 0.989. The molecule has 3 N–H and O–H groups in total. The monoisotopic (exact) mass is 235 g/mol. The highest BCUT2D eigenvalue weighted by molar-refractivity contribution is 6.40. The van der Waals surface area contributed by atoms with Crippen molar-refractivity contribution < 1.29 is 15.1 Å². The molecule has 1 rings (SSSR count). The number of nitrogens with zero attached hydrogens (tertiary/aromatic N) is 2. The second-order valence-corrected chi connectivity index (χ2v) is 3.38. The third-order valence-electron chi connectivity index (χ3n) is 2.16. The van der Waals surface area contributed by atoms with Crippen molar-refractivity contribution in [3.05, 3.63) is 29.8 Å². The van der Waals surface area contributed by atoms with Gasteiger partial charge < -0.3 is 10.3 Å². The SMILES string of the molecule is CC(=N\O)/C(C)=N/Nc1ccc(C(=O)O)cc1. The molecule has 0 spiro atoms. The Kier molecular flexibility index (Phi) is 4.21. The Balaban J connectivity index is 2.74. The van der Waals surface area contributed by atoms with Gasteiger partial charge in [-0.3, -0.25) is 5.43 Å². The zero-order chi connectivity index (χ0) is 12.8. The van der Waals surface area contributed by atoms with E-state index in [1.165, 1.54) is 12.1 Å². The number of carbonyl (C=O) groups is 1. The van der Waals surface area contributed by atoms with E-state index in [0.29, 0.717) is 17.1 Å². The van der Waals surface area contributed by atoms with E-state index in [-0.39, 0.29) is 5.56 Å². The first-order valence-corrected chi connectivity index (χ1v) is 4.87. The maximum atomic E-state index is 10.6. The van der Waals surface area contributed by atoms with Crippen LogP contribution in [0.1, 0.15) is 24.2 Å². The Morgan fingerprint density at radius 3 is 2.24 bits per heavy atom. The van der Waals surface area contributed by atoms with Crippen LogP contribution in [0.3, 0.4) is 0 Å². The van der Waals surface area contributed by atoms with Crippen LogP contribution in [0.5, 0.6) is 0 Å². The molecule has 17 heavy (non-hydrogen) atoms. The first-order valence-electron chi connectivity index (χ1n) is 4.87. The lowest BCUT2D eigenvalue weighted by Crippen LogP contribution is -2.08. The van der Waals surface area contributed by atoms with Gasteiger partial charge in [0.05, 0.1) is 22.7 Å². The van der Waals surface area contributed by atoms with Crippen LogP contribution in [0.25, 0.3) is 0 Å². The lowest BCUT2D eigenvalue weighted by Gasteiger charge is -2.02. The summed E-state index contributed by atoms with van der Waals surface area (Å²) in [5.41, 5.74) is 4.53. The van der Waals surface area contributed by atoms with Gasteiger partial charge in [-0.1, -0.05) is 5.16 Å². The summed E-state index contributed by atoms with van der Waals surface area (Å²) < 4.78 is 0.